The normalized spacial score (nSPS) is 18.8. The van der Waals surface area contributed by atoms with Crippen molar-refractivity contribution < 1.29 is 9.18 Å². The van der Waals surface area contributed by atoms with Gasteiger partial charge in [0.1, 0.15) is 5.82 Å². The molecule has 0 radical (unpaired) electrons. The summed E-state index contributed by atoms with van der Waals surface area (Å²) in [4.78, 5) is 14.1. The molecule has 0 aliphatic carbocycles. The standard InChI is InChI=1S/C13H15BrFNOS/c1-13(2)8-16(6-7-18-13)12(17)11-9(14)4-3-5-10(11)15/h3-5H,6-8H2,1-2H3. The lowest BCUT2D eigenvalue weighted by Crippen LogP contribution is -2.46. The molecule has 2 nitrogen and oxygen atoms in total. The fourth-order valence-electron chi connectivity index (χ4n) is 2.05. The van der Waals surface area contributed by atoms with Crippen molar-refractivity contribution in [1.29, 1.82) is 0 Å². The molecule has 0 atom stereocenters. The third-order valence-electron chi connectivity index (χ3n) is 2.89. The number of benzene rings is 1. The topological polar surface area (TPSA) is 20.3 Å². The Morgan fingerprint density at radius 1 is 1.50 bits per heavy atom. The van der Waals surface area contributed by atoms with Crippen LogP contribution in [-0.4, -0.2) is 34.4 Å². The van der Waals surface area contributed by atoms with Crippen LogP contribution in [0.2, 0.25) is 0 Å². The molecule has 0 spiro atoms. The molecule has 98 valence electrons. The number of carbonyl (C=O) groups excluding carboxylic acids is 1. The van der Waals surface area contributed by atoms with Gasteiger partial charge in [0, 0.05) is 28.1 Å². The molecular weight excluding hydrogens is 317 g/mol. The summed E-state index contributed by atoms with van der Waals surface area (Å²) in [5, 5.41) is 0. The summed E-state index contributed by atoms with van der Waals surface area (Å²) in [6.45, 7) is 5.53. The summed E-state index contributed by atoms with van der Waals surface area (Å²) in [5.74, 6) is 0.198. The second-order valence-corrected chi connectivity index (χ2v) is 7.59. The third-order valence-corrected chi connectivity index (χ3v) is 4.85. The number of amides is 1. The highest BCUT2D eigenvalue weighted by atomic mass is 79.9. The van der Waals surface area contributed by atoms with E-state index in [-0.39, 0.29) is 16.2 Å². The van der Waals surface area contributed by atoms with Gasteiger partial charge in [-0.05, 0) is 41.9 Å². The number of carbonyl (C=O) groups is 1. The van der Waals surface area contributed by atoms with E-state index in [1.54, 1.807) is 17.0 Å². The number of hydrogen-bond acceptors (Lipinski definition) is 2. The molecule has 1 aromatic carbocycles. The molecule has 1 aliphatic heterocycles. The molecule has 5 heteroatoms. The van der Waals surface area contributed by atoms with Crippen LogP contribution in [0.5, 0.6) is 0 Å². The Bertz CT molecular complexity index is 458. The highest BCUT2D eigenvalue weighted by molar-refractivity contribution is 9.10. The maximum Gasteiger partial charge on any atom is 0.258 e. The molecule has 1 saturated heterocycles. The monoisotopic (exact) mass is 331 g/mol. The van der Waals surface area contributed by atoms with E-state index in [0.29, 0.717) is 17.6 Å². The van der Waals surface area contributed by atoms with Gasteiger partial charge in [-0.2, -0.15) is 11.8 Å². The van der Waals surface area contributed by atoms with Gasteiger partial charge >= 0.3 is 0 Å². The van der Waals surface area contributed by atoms with Crippen molar-refractivity contribution in [3.63, 3.8) is 0 Å². The fourth-order valence-corrected chi connectivity index (χ4v) is 3.67. The van der Waals surface area contributed by atoms with Crippen LogP contribution in [-0.2, 0) is 0 Å². The molecule has 0 bridgehead atoms. The minimum absolute atomic E-state index is 0.0334. The Morgan fingerprint density at radius 3 is 2.83 bits per heavy atom. The highest BCUT2D eigenvalue weighted by Crippen LogP contribution is 2.31. The highest BCUT2D eigenvalue weighted by Gasteiger charge is 2.31. The molecule has 0 aromatic heterocycles. The van der Waals surface area contributed by atoms with Crippen LogP contribution >= 0.6 is 27.7 Å². The van der Waals surface area contributed by atoms with Gasteiger partial charge in [0.25, 0.3) is 5.91 Å². The first-order valence-electron chi connectivity index (χ1n) is 5.78. The lowest BCUT2D eigenvalue weighted by Gasteiger charge is -2.37. The van der Waals surface area contributed by atoms with E-state index in [0.717, 1.165) is 5.75 Å². The van der Waals surface area contributed by atoms with Crippen LogP contribution in [0.15, 0.2) is 22.7 Å². The summed E-state index contributed by atoms with van der Waals surface area (Å²) < 4.78 is 14.3. The van der Waals surface area contributed by atoms with E-state index in [4.69, 9.17) is 0 Å². The van der Waals surface area contributed by atoms with Crippen LogP contribution in [0.25, 0.3) is 0 Å². The minimum atomic E-state index is -0.467. The molecule has 1 fully saturated rings. The van der Waals surface area contributed by atoms with Crippen molar-refractivity contribution in [3.8, 4) is 0 Å². The largest absolute Gasteiger partial charge is 0.336 e. The van der Waals surface area contributed by atoms with Gasteiger partial charge < -0.3 is 4.90 Å². The van der Waals surface area contributed by atoms with Crippen LogP contribution < -0.4 is 0 Å². The molecule has 2 rings (SSSR count). The first kappa shape index (κ1) is 13.9. The van der Waals surface area contributed by atoms with Crippen molar-refractivity contribution >= 4 is 33.6 Å². The predicted octanol–water partition coefficient (Wildman–Crippen LogP) is 3.56. The Labute approximate surface area is 119 Å². The van der Waals surface area contributed by atoms with E-state index in [1.165, 1.54) is 6.07 Å². The second kappa shape index (κ2) is 5.21. The van der Waals surface area contributed by atoms with E-state index in [9.17, 15) is 9.18 Å². The Hall–Kier alpha value is -0.550. The van der Waals surface area contributed by atoms with Crippen molar-refractivity contribution in [2.75, 3.05) is 18.8 Å². The molecule has 18 heavy (non-hydrogen) atoms. The minimum Gasteiger partial charge on any atom is -0.336 e. The lowest BCUT2D eigenvalue weighted by molar-refractivity contribution is 0.0742. The summed E-state index contributed by atoms with van der Waals surface area (Å²) in [6, 6.07) is 4.61. The Morgan fingerprint density at radius 2 is 2.22 bits per heavy atom. The first-order chi connectivity index (χ1) is 8.41. The number of halogens is 2. The predicted molar refractivity (Wildman–Crippen MR) is 76.5 cm³/mol. The van der Waals surface area contributed by atoms with Crippen LogP contribution in [0.3, 0.4) is 0 Å². The van der Waals surface area contributed by atoms with Crippen molar-refractivity contribution in [1.82, 2.24) is 4.90 Å². The van der Waals surface area contributed by atoms with E-state index in [1.807, 2.05) is 11.8 Å². The quantitative estimate of drug-likeness (QED) is 0.784. The average molecular weight is 332 g/mol. The van der Waals surface area contributed by atoms with Gasteiger partial charge in [-0.25, -0.2) is 4.39 Å². The van der Waals surface area contributed by atoms with E-state index < -0.39 is 5.82 Å². The van der Waals surface area contributed by atoms with Gasteiger partial charge in [-0.15, -0.1) is 0 Å². The van der Waals surface area contributed by atoms with Crippen LogP contribution in [0.1, 0.15) is 24.2 Å². The van der Waals surface area contributed by atoms with Crippen molar-refractivity contribution in [2.24, 2.45) is 0 Å². The average Bonchev–Trinajstić information content (AvgIpc) is 2.27. The SMILES string of the molecule is CC1(C)CN(C(=O)c2c(F)cccc2Br)CCS1. The lowest BCUT2D eigenvalue weighted by atomic mass is 10.1. The van der Waals surface area contributed by atoms with E-state index >= 15 is 0 Å². The number of nitrogens with zero attached hydrogens (tertiary/aromatic N) is 1. The zero-order valence-corrected chi connectivity index (χ0v) is 12.8. The summed E-state index contributed by atoms with van der Waals surface area (Å²) in [5.41, 5.74) is 0.139. The molecule has 1 aromatic rings. The Balaban J connectivity index is 2.26. The molecule has 1 amide bonds. The number of rotatable bonds is 1. The molecule has 0 unspecified atom stereocenters. The maximum absolute atomic E-state index is 13.8. The maximum atomic E-state index is 13.8. The van der Waals surface area contributed by atoms with E-state index in [2.05, 4.69) is 29.8 Å². The Kier molecular flexibility index (Phi) is 4.02. The summed E-state index contributed by atoms with van der Waals surface area (Å²) in [6.07, 6.45) is 0. The smallest absolute Gasteiger partial charge is 0.258 e. The fraction of sp³-hybridized carbons (Fsp3) is 0.462. The van der Waals surface area contributed by atoms with Crippen LogP contribution in [0, 0.1) is 5.82 Å². The van der Waals surface area contributed by atoms with Gasteiger partial charge in [0.2, 0.25) is 0 Å². The molecule has 1 aliphatic rings. The molecule has 1 heterocycles. The third kappa shape index (κ3) is 2.88. The summed E-state index contributed by atoms with van der Waals surface area (Å²) >= 11 is 5.10. The van der Waals surface area contributed by atoms with Crippen molar-refractivity contribution in [3.05, 3.63) is 34.1 Å². The van der Waals surface area contributed by atoms with Gasteiger partial charge in [-0.1, -0.05) is 6.07 Å². The van der Waals surface area contributed by atoms with Gasteiger partial charge in [-0.3, -0.25) is 4.79 Å². The molecule has 0 saturated carbocycles. The first-order valence-corrected chi connectivity index (χ1v) is 7.56. The van der Waals surface area contributed by atoms with Gasteiger partial charge in [0.05, 0.1) is 5.56 Å². The van der Waals surface area contributed by atoms with Gasteiger partial charge in [0.15, 0.2) is 0 Å². The summed E-state index contributed by atoms with van der Waals surface area (Å²) in [7, 11) is 0. The van der Waals surface area contributed by atoms with Crippen LogP contribution in [0.4, 0.5) is 4.39 Å². The second-order valence-electron chi connectivity index (χ2n) is 4.93. The zero-order valence-electron chi connectivity index (χ0n) is 10.4. The molecular formula is C13H15BrFNOS. The zero-order chi connectivity index (χ0) is 13.3. The molecule has 0 N–H and O–H groups in total. The van der Waals surface area contributed by atoms with Crippen molar-refractivity contribution in [2.45, 2.75) is 18.6 Å². The number of hydrogen-bond donors (Lipinski definition) is 0. The number of thioether (sulfide) groups is 1.